The Morgan fingerprint density at radius 3 is 2.93 bits per heavy atom. The first-order chi connectivity index (χ1) is 13.7. The molecule has 2 N–H and O–H groups in total. The number of nitrogens with zero attached hydrogens (tertiary/aromatic N) is 5. The maximum Gasteiger partial charge on any atom is 0.226 e. The molecule has 9 heteroatoms. The van der Waals surface area contributed by atoms with Crippen molar-refractivity contribution in [3.63, 3.8) is 0 Å². The summed E-state index contributed by atoms with van der Waals surface area (Å²) >= 11 is 0. The number of imidazole rings is 1. The molecule has 0 bridgehead atoms. The van der Waals surface area contributed by atoms with E-state index in [0.29, 0.717) is 29.2 Å². The predicted octanol–water partition coefficient (Wildman–Crippen LogP) is 2.33. The molecule has 3 aromatic heterocycles. The van der Waals surface area contributed by atoms with Crippen LogP contribution in [0.15, 0.2) is 36.9 Å². The highest BCUT2D eigenvalue weighted by atomic mass is 16.5. The van der Waals surface area contributed by atoms with Crippen LogP contribution in [0.25, 0.3) is 17.0 Å². The van der Waals surface area contributed by atoms with Gasteiger partial charge >= 0.3 is 0 Å². The number of hydrogen-bond donors (Lipinski definition) is 2. The first kappa shape index (κ1) is 16.4. The monoisotopic (exact) mass is 375 g/mol. The first-order valence-electron chi connectivity index (χ1n) is 8.84. The van der Waals surface area contributed by atoms with Crippen LogP contribution >= 0.6 is 0 Å². The van der Waals surface area contributed by atoms with E-state index in [1.807, 2.05) is 31.2 Å². The van der Waals surface area contributed by atoms with Crippen LogP contribution in [0.4, 0.5) is 5.82 Å². The Morgan fingerprint density at radius 1 is 1.21 bits per heavy atom. The van der Waals surface area contributed by atoms with Gasteiger partial charge in [0.1, 0.15) is 23.4 Å². The summed E-state index contributed by atoms with van der Waals surface area (Å²) in [6, 6.07) is 7.75. The van der Waals surface area contributed by atoms with Crippen molar-refractivity contribution in [1.82, 2.24) is 29.7 Å². The number of nitrogens with one attached hydrogen (secondary N) is 2. The molecule has 0 fully saturated rings. The summed E-state index contributed by atoms with van der Waals surface area (Å²) in [5.41, 5.74) is 3.92. The van der Waals surface area contributed by atoms with Crippen LogP contribution in [-0.4, -0.2) is 42.7 Å². The Kier molecular flexibility index (Phi) is 3.61. The largest absolute Gasteiger partial charge is 0.496 e. The molecule has 1 aliphatic rings. The Bertz CT molecular complexity index is 1210. The number of carbonyl (C=O) groups is 1. The number of H-pyrrole nitrogens is 1. The highest BCUT2D eigenvalue weighted by Crippen LogP contribution is 2.43. The van der Waals surface area contributed by atoms with Gasteiger partial charge in [-0.05, 0) is 13.0 Å². The summed E-state index contributed by atoms with van der Waals surface area (Å²) in [7, 11) is 1.63. The molecule has 1 aromatic carbocycles. The molecule has 28 heavy (non-hydrogen) atoms. The molecule has 5 rings (SSSR count). The maximum atomic E-state index is 12.6. The number of aryl methyl sites for hydroxylation is 1. The van der Waals surface area contributed by atoms with E-state index in [-0.39, 0.29) is 11.8 Å². The number of aromatic amines is 1. The molecule has 1 atom stereocenters. The van der Waals surface area contributed by atoms with Gasteiger partial charge in [0, 0.05) is 23.5 Å². The third-order valence-electron chi connectivity index (χ3n) is 5.02. The minimum absolute atomic E-state index is 0.0838. The van der Waals surface area contributed by atoms with Gasteiger partial charge < -0.3 is 15.0 Å². The van der Waals surface area contributed by atoms with E-state index in [1.54, 1.807) is 18.1 Å². The van der Waals surface area contributed by atoms with Crippen molar-refractivity contribution in [3.8, 4) is 11.6 Å². The van der Waals surface area contributed by atoms with Gasteiger partial charge in [0.05, 0.1) is 19.1 Å². The van der Waals surface area contributed by atoms with Crippen LogP contribution in [0.1, 0.15) is 29.2 Å². The summed E-state index contributed by atoms with van der Waals surface area (Å²) in [6.45, 7) is 1.93. The Morgan fingerprint density at radius 2 is 2.07 bits per heavy atom. The number of amides is 1. The average Bonchev–Trinajstić information content (AvgIpc) is 3.32. The van der Waals surface area contributed by atoms with E-state index in [2.05, 4.69) is 30.4 Å². The lowest BCUT2D eigenvalue weighted by atomic mass is 9.85. The molecule has 4 aromatic rings. The second-order valence-corrected chi connectivity index (χ2v) is 6.60. The summed E-state index contributed by atoms with van der Waals surface area (Å²) in [5, 5.41) is 7.65. The zero-order valence-corrected chi connectivity index (χ0v) is 15.3. The van der Waals surface area contributed by atoms with E-state index < -0.39 is 0 Å². The summed E-state index contributed by atoms with van der Waals surface area (Å²) in [6.07, 6.45) is 3.31. The van der Waals surface area contributed by atoms with Crippen molar-refractivity contribution in [2.24, 2.45) is 0 Å². The molecule has 0 spiro atoms. The van der Waals surface area contributed by atoms with Crippen LogP contribution in [-0.2, 0) is 4.79 Å². The van der Waals surface area contributed by atoms with Gasteiger partial charge in [-0.25, -0.2) is 15.0 Å². The number of fused-ring (bicyclic) bond motifs is 2. The Balaban J connectivity index is 1.74. The van der Waals surface area contributed by atoms with Crippen LogP contribution in [0.5, 0.6) is 5.75 Å². The standard InChI is InChI=1S/C19H17N7O2/c1-10-15-12(11-5-3-4-6-13(11)28-2)7-14(27)24-18(15)26(25-10)19-16-17(21-8-20-16)22-9-23-19/h3-6,8-9,12H,7H2,1-2H3,(H,24,27)(H,20,21,22,23)/t12-/m0/s1. The number of aromatic nitrogens is 6. The first-order valence-corrected chi connectivity index (χ1v) is 8.84. The number of anilines is 1. The number of carbonyl (C=O) groups excluding carboxylic acids is 1. The second kappa shape index (κ2) is 6.15. The van der Waals surface area contributed by atoms with E-state index in [1.165, 1.54) is 6.33 Å². The number of para-hydroxylation sites is 1. The highest BCUT2D eigenvalue weighted by Gasteiger charge is 2.34. The smallest absolute Gasteiger partial charge is 0.226 e. The van der Waals surface area contributed by atoms with Crippen LogP contribution in [0.2, 0.25) is 0 Å². The lowest BCUT2D eigenvalue weighted by Gasteiger charge is -2.25. The fourth-order valence-corrected chi connectivity index (χ4v) is 3.83. The second-order valence-electron chi connectivity index (χ2n) is 6.60. The summed E-state index contributed by atoms with van der Waals surface area (Å²) in [5.74, 6) is 1.65. The molecular formula is C19H17N7O2. The van der Waals surface area contributed by atoms with Crippen molar-refractivity contribution in [2.45, 2.75) is 19.3 Å². The number of ether oxygens (including phenoxy) is 1. The molecule has 140 valence electrons. The van der Waals surface area contributed by atoms with Gasteiger partial charge in [0.25, 0.3) is 0 Å². The highest BCUT2D eigenvalue weighted by molar-refractivity contribution is 5.95. The number of hydrogen-bond acceptors (Lipinski definition) is 6. The lowest BCUT2D eigenvalue weighted by Crippen LogP contribution is -2.25. The third-order valence-corrected chi connectivity index (χ3v) is 5.02. The molecule has 4 heterocycles. The molecule has 1 amide bonds. The molecular weight excluding hydrogens is 358 g/mol. The van der Waals surface area contributed by atoms with Crippen molar-refractivity contribution in [1.29, 1.82) is 0 Å². The SMILES string of the molecule is COc1ccccc1[C@@H]1CC(=O)Nc2c1c(C)nn2-c1ncnc2nc[nH]c12. The molecule has 0 aliphatic carbocycles. The van der Waals surface area contributed by atoms with Gasteiger partial charge in [-0.2, -0.15) is 9.78 Å². The van der Waals surface area contributed by atoms with Crippen molar-refractivity contribution in [3.05, 3.63) is 53.7 Å². The summed E-state index contributed by atoms with van der Waals surface area (Å²) in [4.78, 5) is 28.3. The molecule has 1 aliphatic heterocycles. The topological polar surface area (TPSA) is 111 Å². The quantitative estimate of drug-likeness (QED) is 0.569. The summed E-state index contributed by atoms with van der Waals surface area (Å²) < 4.78 is 7.18. The van der Waals surface area contributed by atoms with E-state index in [0.717, 1.165) is 22.6 Å². The number of benzene rings is 1. The van der Waals surface area contributed by atoms with E-state index in [9.17, 15) is 4.79 Å². The van der Waals surface area contributed by atoms with Crippen molar-refractivity contribution < 1.29 is 9.53 Å². The third kappa shape index (κ3) is 2.36. The van der Waals surface area contributed by atoms with Gasteiger partial charge in [-0.3, -0.25) is 4.79 Å². The van der Waals surface area contributed by atoms with Crippen LogP contribution in [0.3, 0.4) is 0 Å². The predicted molar refractivity (Wildman–Crippen MR) is 102 cm³/mol. The zero-order chi connectivity index (χ0) is 19.3. The molecule has 0 saturated heterocycles. The van der Waals surface area contributed by atoms with E-state index in [4.69, 9.17) is 4.74 Å². The van der Waals surface area contributed by atoms with Gasteiger partial charge in [0.2, 0.25) is 5.91 Å². The van der Waals surface area contributed by atoms with Gasteiger partial charge in [-0.15, -0.1) is 0 Å². The van der Waals surface area contributed by atoms with Gasteiger partial charge in [0.15, 0.2) is 11.5 Å². The van der Waals surface area contributed by atoms with Crippen LogP contribution < -0.4 is 10.1 Å². The Hall–Kier alpha value is -3.75. The molecule has 0 radical (unpaired) electrons. The van der Waals surface area contributed by atoms with Crippen LogP contribution in [0, 0.1) is 6.92 Å². The minimum atomic E-state index is -0.159. The molecule has 0 saturated carbocycles. The fourth-order valence-electron chi connectivity index (χ4n) is 3.83. The maximum absolute atomic E-state index is 12.6. The zero-order valence-electron chi connectivity index (χ0n) is 15.3. The lowest BCUT2D eigenvalue weighted by molar-refractivity contribution is -0.116. The average molecular weight is 375 g/mol. The van der Waals surface area contributed by atoms with Crippen molar-refractivity contribution in [2.75, 3.05) is 12.4 Å². The van der Waals surface area contributed by atoms with Crippen molar-refractivity contribution >= 4 is 22.9 Å². The number of methoxy groups -OCH3 is 1. The fraction of sp³-hybridized carbons (Fsp3) is 0.211. The minimum Gasteiger partial charge on any atom is -0.496 e. The van der Waals surface area contributed by atoms with Gasteiger partial charge in [-0.1, -0.05) is 18.2 Å². The van der Waals surface area contributed by atoms with E-state index >= 15 is 0 Å². The number of rotatable bonds is 3. The molecule has 0 unspecified atom stereocenters. The molecule has 9 nitrogen and oxygen atoms in total. The Labute approximate surface area is 159 Å². The normalized spacial score (nSPS) is 16.1.